The second kappa shape index (κ2) is 13.2. The maximum Gasteiger partial charge on any atom is 0.417 e. The summed E-state index contributed by atoms with van der Waals surface area (Å²) in [5.41, 5.74) is 1.75. The lowest BCUT2D eigenvalue weighted by Gasteiger charge is -2.31. The first kappa shape index (κ1) is 29.5. The number of rotatable bonds is 9. The molecule has 0 spiro atoms. The van der Waals surface area contributed by atoms with Crippen LogP contribution < -0.4 is 20.1 Å². The zero-order valence-electron chi connectivity index (χ0n) is 21.9. The smallest absolute Gasteiger partial charge is 0.417 e. The number of aliphatic carboxylic acids is 1. The number of nitrogens with one attached hydrogen (secondary N) is 2. The molecule has 2 amide bonds. The van der Waals surface area contributed by atoms with Gasteiger partial charge in [0, 0.05) is 11.8 Å². The molecule has 0 bridgehead atoms. The van der Waals surface area contributed by atoms with Crippen LogP contribution in [0.2, 0.25) is 10.0 Å². The van der Waals surface area contributed by atoms with E-state index >= 15 is 0 Å². The third-order valence-corrected chi connectivity index (χ3v) is 7.12. The van der Waals surface area contributed by atoms with Gasteiger partial charge in [0.15, 0.2) is 0 Å². The average Bonchev–Trinajstić information content (AvgIpc) is 2.95. The largest absolute Gasteiger partial charge is 0.481 e. The first-order valence-corrected chi connectivity index (χ1v) is 13.3. The number of carboxylic acids is 1. The number of hydrogen-bond acceptors (Lipinski definition) is 5. The van der Waals surface area contributed by atoms with Gasteiger partial charge in [-0.05, 0) is 66.1 Å². The van der Waals surface area contributed by atoms with Gasteiger partial charge in [-0.3, -0.25) is 15.4 Å². The van der Waals surface area contributed by atoms with E-state index in [4.69, 9.17) is 32.7 Å². The molecule has 41 heavy (non-hydrogen) atoms. The van der Waals surface area contributed by atoms with Crippen molar-refractivity contribution in [3.8, 4) is 11.5 Å². The number of carboxylic acid groups (broad SMARTS) is 1. The molecule has 10 heteroatoms. The SMILES string of the molecule is CC(CCC(=O)O)(c1ccc(OC(=O)Nc2ccccc2Cl)cc1)c1ccc(OC(=O)Nc2ccccc2Cl)cc1. The molecule has 0 aliphatic heterocycles. The van der Waals surface area contributed by atoms with Gasteiger partial charge in [0.05, 0.1) is 21.4 Å². The molecule has 0 saturated carbocycles. The molecule has 0 saturated heterocycles. The van der Waals surface area contributed by atoms with Crippen LogP contribution in [0.25, 0.3) is 0 Å². The lowest BCUT2D eigenvalue weighted by atomic mass is 9.73. The van der Waals surface area contributed by atoms with Gasteiger partial charge < -0.3 is 14.6 Å². The molecular weight excluding hydrogens is 567 g/mol. The van der Waals surface area contributed by atoms with E-state index in [2.05, 4.69) is 10.6 Å². The number of para-hydroxylation sites is 2. The summed E-state index contributed by atoms with van der Waals surface area (Å²) < 4.78 is 10.8. The van der Waals surface area contributed by atoms with Crippen LogP contribution in [0, 0.1) is 0 Å². The third kappa shape index (κ3) is 7.78. The predicted molar refractivity (Wildman–Crippen MR) is 158 cm³/mol. The minimum absolute atomic E-state index is 0.0759. The Morgan fingerprint density at radius 1 is 0.683 bits per heavy atom. The minimum atomic E-state index is -0.927. The maximum absolute atomic E-state index is 12.3. The Bertz CT molecular complexity index is 1440. The van der Waals surface area contributed by atoms with Gasteiger partial charge in [0.25, 0.3) is 0 Å². The van der Waals surface area contributed by atoms with Crippen molar-refractivity contribution in [3.05, 3.63) is 118 Å². The highest BCUT2D eigenvalue weighted by Gasteiger charge is 2.30. The van der Waals surface area contributed by atoms with Gasteiger partial charge in [-0.25, -0.2) is 9.59 Å². The second-order valence-electron chi connectivity index (χ2n) is 9.26. The van der Waals surface area contributed by atoms with E-state index < -0.39 is 23.6 Å². The number of ether oxygens (including phenoxy) is 2. The van der Waals surface area contributed by atoms with Crippen molar-refractivity contribution >= 4 is 52.7 Å². The Morgan fingerprint density at radius 2 is 1.07 bits per heavy atom. The van der Waals surface area contributed by atoms with Crippen molar-refractivity contribution in [2.75, 3.05) is 10.6 Å². The topological polar surface area (TPSA) is 114 Å². The first-order chi connectivity index (χ1) is 19.6. The fraction of sp³-hybridized carbons (Fsp3) is 0.129. The number of benzene rings is 4. The van der Waals surface area contributed by atoms with Crippen LogP contribution in [-0.4, -0.2) is 23.3 Å². The molecule has 0 atom stereocenters. The number of hydrogen-bond donors (Lipinski definition) is 3. The summed E-state index contributed by atoms with van der Waals surface area (Å²) in [5.74, 6) is -0.331. The van der Waals surface area contributed by atoms with Gasteiger partial charge in [-0.15, -0.1) is 0 Å². The van der Waals surface area contributed by atoms with E-state index in [-0.39, 0.29) is 6.42 Å². The average molecular weight is 593 g/mol. The van der Waals surface area contributed by atoms with Gasteiger partial charge >= 0.3 is 18.2 Å². The Labute approximate surface area is 246 Å². The normalized spacial score (nSPS) is 10.9. The highest BCUT2D eigenvalue weighted by atomic mass is 35.5. The third-order valence-electron chi connectivity index (χ3n) is 6.46. The quantitative estimate of drug-likeness (QED) is 0.180. The highest BCUT2D eigenvalue weighted by Crippen LogP contribution is 2.38. The Balaban J connectivity index is 1.48. The number of amides is 2. The summed E-state index contributed by atoms with van der Waals surface area (Å²) in [6.07, 6.45) is -1.18. The molecule has 4 aromatic carbocycles. The molecule has 0 aliphatic rings. The highest BCUT2D eigenvalue weighted by molar-refractivity contribution is 6.34. The number of anilines is 2. The van der Waals surface area contributed by atoms with Crippen LogP contribution in [-0.2, 0) is 10.2 Å². The summed E-state index contributed by atoms with van der Waals surface area (Å²) in [6.45, 7) is 1.93. The molecule has 0 heterocycles. The van der Waals surface area contributed by atoms with E-state index in [1.165, 1.54) is 0 Å². The maximum atomic E-state index is 12.3. The molecule has 3 N–H and O–H groups in total. The number of carbonyl (C=O) groups excluding carboxylic acids is 2. The van der Waals surface area contributed by atoms with Crippen molar-refractivity contribution < 1.29 is 29.0 Å². The van der Waals surface area contributed by atoms with Crippen LogP contribution in [0.3, 0.4) is 0 Å². The van der Waals surface area contributed by atoms with Crippen LogP contribution in [0.1, 0.15) is 30.9 Å². The van der Waals surface area contributed by atoms with Gasteiger partial charge in [0.1, 0.15) is 11.5 Å². The molecule has 4 aromatic rings. The zero-order chi connectivity index (χ0) is 29.4. The lowest BCUT2D eigenvalue weighted by Crippen LogP contribution is -2.25. The van der Waals surface area contributed by atoms with Crippen molar-refractivity contribution in [2.45, 2.75) is 25.2 Å². The molecule has 0 aliphatic carbocycles. The van der Waals surface area contributed by atoms with Crippen LogP contribution in [0.5, 0.6) is 11.5 Å². The van der Waals surface area contributed by atoms with E-state index in [1.54, 1.807) is 97.1 Å². The molecule has 0 fully saturated rings. The van der Waals surface area contributed by atoms with Gasteiger partial charge in [-0.1, -0.05) is 78.7 Å². The molecule has 8 nitrogen and oxygen atoms in total. The van der Waals surface area contributed by atoms with Crippen molar-refractivity contribution in [1.82, 2.24) is 0 Å². The number of halogens is 2. The zero-order valence-corrected chi connectivity index (χ0v) is 23.4. The summed E-state index contributed by atoms with van der Waals surface area (Å²) in [5, 5.41) is 15.3. The Kier molecular flexibility index (Phi) is 9.49. The van der Waals surface area contributed by atoms with Gasteiger partial charge in [0.2, 0.25) is 0 Å². The standard InChI is InChI=1S/C31H26Cl2N2O6/c1-31(19-18-28(36)37,20-10-14-22(15-11-20)40-29(38)34-26-8-4-2-6-24(26)32)21-12-16-23(17-13-21)41-30(39)35-27-9-5-3-7-25(27)33/h2-17H,18-19H2,1H3,(H,34,38)(H,35,39)(H,36,37). The van der Waals surface area contributed by atoms with Crippen molar-refractivity contribution in [3.63, 3.8) is 0 Å². The minimum Gasteiger partial charge on any atom is -0.481 e. The van der Waals surface area contributed by atoms with Crippen LogP contribution >= 0.6 is 23.2 Å². The first-order valence-electron chi connectivity index (χ1n) is 12.5. The van der Waals surface area contributed by atoms with Crippen molar-refractivity contribution in [1.29, 1.82) is 0 Å². The molecular formula is C31H26Cl2N2O6. The molecule has 210 valence electrons. The Morgan fingerprint density at radius 3 is 1.44 bits per heavy atom. The summed E-state index contributed by atoms with van der Waals surface area (Å²) >= 11 is 12.2. The monoisotopic (exact) mass is 592 g/mol. The van der Waals surface area contributed by atoms with E-state index in [9.17, 15) is 19.5 Å². The molecule has 0 unspecified atom stereocenters. The van der Waals surface area contributed by atoms with E-state index in [0.717, 1.165) is 11.1 Å². The van der Waals surface area contributed by atoms with Crippen molar-refractivity contribution in [2.24, 2.45) is 0 Å². The van der Waals surface area contributed by atoms with E-state index in [0.29, 0.717) is 39.3 Å². The predicted octanol–water partition coefficient (Wildman–Crippen LogP) is 8.39. The second-order valence-corrected chi connectivity index (χ2v) is 10.1. The Hall–Kier alpha value is -4.53. The molecule has 4 rings (SSSR count). The fourth-order valence-electron chi connectivity index (χ4n) is 4.20. The van der Waals surface area contributed by atoms with Crippen LogP contribution in [0.15, 0.2) is 97.1 Å². The number of carbonyl (C=O) groups is 3. The lowest BCUT2D eigenvalue weighted by molar-refractivity contribution is -0.137. The van der Waals surface area contributed by atoms with Gasteiger partial charge in [-0.2, -0.15) is 0 Å². The summed E-state index contributed by atoms with van der Waals surface area (Å²) in [4.78, 5) is 36.1. The van der Waals surface area contributed by atoms with Crippen LogP contribution in [0.4, 0.5) is 21.0 Å². The molecule has 0 aromatic heterocycles. The summed E-state index contributed by atoms with van der Waals surface area (Å²) in [7, 11) is 0. The van der Waals surface area contributed by atoms with E-state index in [1.807, 2.05) is 6.92 Å². The fourth-order valence-corrected chi connectivity index (χ4v) is 4.57. The summed E-state index contributed by atoms with van der Waals surface area (Å²) in [6, 6.07) is 27.2. The molecule has 0 radical (unpaired) electrons.